The van der Waals surface area contributed by atoms with Crippen molar-refractivity contribution in [3.05, 3.63) is 230 Å². The molecule has 0 amide bonds. The van der Waals surface area contributed by atoms with Gasteiger partial charge in [-0.1, -0.05) is 174 Å². The van der Waals surface area contributed by atoms with Crippen LogP contribution in [0.1, 0.15) is 50.1 Å². The first-order chi connectivity index (χ1) is 28.6. The molecule has 0 radical (unpaired) electrons. The molecule has 0 bridgehead atoms. The highest BCUT2D eigenvalue weighted by atomic mass is 35.5. The number of hydrogen-bond donors (Lipinski definition) is 0. The number of hydrogen-bond acceptors (Lipinski definition) is 2. The molecule has 1 atom stereocenters. The molecule has 6 aromatic carbocycles. The average Bonchev–Trinajstić information content (AvgIpc) is 3.83. The van der Waals surface area contributed by atoms with E-state index in [1.54, 1.807) is 0 Å². The lowest BCUT2D eigenvalue weighted by Crippen LogP contribution is -2.30. The normalized spacial score (nSPS) is 16.6. The second-order valence-electron chi connectivity index (χ2n) is 16.2. The molecule has 3 aliphatic rings. The summed E-state index contributed by atoms with van der Waals surface area (Å²) in [5, 5.41) is 4.90. The lowest BCUT2D eigenvalue weighted by atomic mass is 9.99. The number of rotatable bonds is 6. The first-order valence-corrected chi connectivity index (χ1v) is 23.1. The van der Waals surface area contributed by atoms with Crippen LogP contribution in [0.15, 0.2) is 179 Å². The summed E-state index contributed by atoms with van der Waals surface area (Å²) in [6.07, 6.45) is 7.06. The first-order valence-electron chi connectivity index (χ1n) is 20.5. The highest BCUT2D eigenvalue weighted by Gasteiger charge is 2.41. The van der Waals surface area contributed by atoms with Gasteiger partial charge < -0.3 is 9.80 Å². The number of anilines is 2. The summed E-state index contributed by atoms with van der Waals surface area (Å²) >= 11 is 16.0. The second-order valence-corrected chi connectivity index (χ2v) is 20.4. The van der Waals surface area contributed by atoms with Crippen molar-refractivity contribution in [2.75, 3.05) is 22.9 Å². The monoisotopic (exact) mass is 826 g/mol. The zero-order valence-electron chi connectivity index (χ0n) is 34.6. The average molecular weight is 828 g/mol. The third kappa shape index (κ3) is 6.58. The van der Waals surface area contributed by atoms with Gasteiger partial charge >= 0.3 is 0 Å². The van der Waals surface area contributed by atoms with Gasteiger partial charge in [-0.05, 0) is 115 Å². The highest BCUT2D eigenvalue weighted by Crippen LogP contribution is 2.62. The van der Waals surface area contributed by atoms with Crippen molar-refractivity contribution in [3.63, 3.8) is 0 Å². The van der Waals surface area contributed by atoms with Gasteiger partial charge in [-0.25, -0.2) is 0 Å². The number of aryl methyl sites for hydroxylation is 6. The Bertz CT molecular complexity index is 2660. The molecule has 1 saturated heterocycles. The van der Waals surface area contributed by atoms with Crippen molar-refractivity contribution in [1.29, 1.82) is 0 Å². The van der Waals surface area contributed by atoms with Gasteiger partial charge in [-0.15, -0.1) is 11.6 Å². The van der Waals surface area contributed by atoms with Gasteiger partial charge in [-0.3, -0.25) is 0 Å². The van der Waals surface area contributed by atoms with Gasteiger partial charge in [0.05, 0.1) is 5.38 Å². The van der Waals surface area contributed by atoms with E-state index in [1.807, 2.05) is 0 Å². The maximum atomic E-state index is 8.02. The van der Waals surface area contributed by atoms with Gasteiger partial charge in [0.1, 0.15) is 5.82 Å². The van der Waals surface area contributed by atoms with Crippen LogP contribution in [0.25, 0.3) is 5.57 Å². The maximum Gasteiger partial charge on any atom is 0.118 e. The summed E-state index contributed by atoms with van der Waals surface area (Å²) in [6.45, 7) is 12.2. The Hall–Kier alpha value is -5.24. The zero-order valence-corrected chi connectivity index (χ0v) is 37.0. The minimum Gasteiger partial charge on any atom is -0.325 e. The molecular formula is C54H49Cl2N2P. The van der Waals surface area contributed by atoms with E-state index in [4.69, 9.17) is 23.2 Å². The molecule has 6 aromatic rings. The molecule has 5 heteroatoms. The second kappa shape index (κ2) is 15.7. The number of alkyl halides is 1. The third-order valence-corrected chi connectivity index (χ3v) is 17.6. The van der Waals surface area contributed by atoms with Crippen molar-refractivity contribution in [2.45, 2.75) is 46.9 Å². The quantitative estimate of drug-likeness (QED) is 0.122. The molecule has 1 unspecified atom stereocenters. The van der Waals surface area contributed by atoms with E-state index < -0.39 is 12.3 Å². The van der Waals surface area contributed by atoms with Crippen LogP contribution in [0.4, 0.5) is 11.4 Å². The smallest absolute Gasteiger partial charge is 0.118 e. The largest absolute Gasteiger partial charge is 0.325 e. The first kappa shape index (κ1) is 39.2. The maximum absolute atomic E-state index is 8.02. The van der Waals surface area contributed by atoms with Crippen LogP contribution in [0.2, 0.25) is 0 Å². The molecule has 1 fully saturated rings. The standard InChI is InChI=1S/C54H49Cl2N2P/c1-35-30-37(3)52(38(4)31-35)57-28-29-58(53-39(5)32-36(2)33-40(53)6)54(57)46-26-27-48(51(56)50(46)55)59(42-20-12-8-13-21-42,43-22-14-9-15-23-43)49-34-47(41-18-10-7-11-19-41)44-24-16-17-25-45(44)49/h7-27,30-34,50H,28-29H2,1-6H3. The van der Waals surface area contributed by atoms with E-state index >= 15 is 0 Å². The van der Waals surface area contributed by atoms with Gasteiger partial charge in [0.25, 0.3) is 0 Å². The lowest BCUT2D eigenvalue weighted by molar-refractivity contribution is 1.00. The van der Waals surface area contributed by atoms with Crippen LogP contribution in [0, 0.1) is 41.5 Å². The Morgan fingerprint density at radius 1 is 0.542 bits per heavy atom. The molecule has 0 N–H and O–H groups in total. The van der Waals surface area contributed by atoms with Gasteiger partial charge in [0, 0.05) is 40.4 Å². The lowest BCUT2D eigenvalue weighted by Gasteiger charge is -2.37. The summed E-state index contributed by atoms with van der Waals surface area (Å²) in [5.41, 5.74) is 15.9. The van der Waals surface area contributed by atoms with E-state index in [-0.39, 0.29) is 0 Å². The number of halogens is 2. The Morgan fingerprint density at radius 2 is 0.983 bits per heavy atom. The summed E-state index contributed by atoms with van der Waals surface area (Å²) in [4.78, 5) is 5.00. The van der Waals surface area contributed by atoms with Crippen LogP contribution >= 0.6 is 30.1 Å². The summed E-state index contributed by atoms with van der Waals surface area (Å²) < 4.78 is 0. The van der Waals surface area contributed by atoms with E-state index in [9.17, 15) is 0 Å². The van der Waals surface area contributed by atoms with E-state index in [0.717, 1.165) is 29.8 Å². The van der Waals surface area contributed by atoms with E-state index in [0.29, 0.717) is 5.03 Å². The van der Waals surface area contributed by atoms with E-state index in [1.165, 1.54) is 82.9 Å². The Morgan fingerprint density at radius 3 is 1.47 bits per heavy atom. The van der Waals surface area contributed by atoms with Crippen molar-refractivity contribution < 1.29 is 0 Å². The zero-order chi connectivity index (χ0) is 41.0. The van der Waals surface area contributed by atoms with Crippen molar-refractivity contribution in [1.82, 2.24) is 0 Å². The minimum absolute atomic E-state index is 0.603. The Balaban J connectivity index is 1.36. The van der Waals surface area contributed by atoms with Crippen molar-refractivity contribution in [2.24, 2.45) is 0 Å². The van der Waals surface area contributed by atoms with Gasteiger partial charge in [0.15, 0.2) is 0 Å². The van der Waals surface area contributed by atoms with Crippen LogP contribution in [-0.2, 0) is 0 Å². The molecule has 1 aliphatic heterocycles. The Labute approximate surface area is 360 Å². The molecule has 9 rings (SSSR count). The molecule has 1 heterocycles. The number of fused-ring (bicyclic) bond motifs is 1. The molecule has 0 aromatic heterocycles. The summed E-state index contributed by atoms with van der Waals surface area (Å²) in [5.74, 6) is 1.09. The van der Waals surface area contributed by atoms with Crippen molar-refractivity contribution in [3.8, 4) is 0 Å². The Kier molecular flexibility index (Phi) is 10.5. The number of nitrogens with zero attached hydrogens (tertiary/aromatic N) is 2. The topological polar surface area (TPSA) is 6.48 Å². The fraction of sp³-hybridized carbons (Fsp3) is 0.167. The molecular weight excluding hydrogens is 778 g/mol. The third-order valence-electron chi connectivity index (χ3n) is 12.2. The molecule has 59 heavy (non-hydrogen) atoms. The number of allylic oxidation sites excluding steroid dienone is 6. The minimum atomic E-state index is -2.69. The van der Waals surface area contributed by atoms with Crippen LogP contribution < -0.4 is 20.4 Å². The fourth-order valence-electron chi connectivity index (χ4n) is 10.1. The van der Waals surface area contributed by atoms with E-state index in [2.05, 4.69) is 209 Å². The summed E-state index contributed by atoms with van der Waals surface area (Å²) in [7, 11) is 0. The summed E-state index contributed by atoms with van der Waals surface area (Å²) in [6, 6.07) is 50.8. The molecule has 2 aliphatic carbocycles. The SMILES string of the molecule is Cc1cc(C)c(N2CCN(c3c(C)cc(C)cc3C)C2=C2C=CC(P(=C3C=C(c4ccccc4)c4ccccc43)(c3ccccc3)c3ccccc3)=C(Cl)C2Cl)c(C)c1. The predicted octanol–water partition coefficient (Wildman–Crippen LogP) is 13.0. The number of benzene rings is 6. The van der Waals surface area contributed by atoms with Gasteiger partial charge in [-0.2, -0.15) is 0 Å². The molecule has 0 spiro atoms. The van der Waals surface area contributed by atoms with Crippen molar-refractivity contribution >= 4 is 62.9 Å². The molecule has 0 saturated carbocycles. The van der Waals surface area contributed by atoms with Crippen LogP contribution in [0.5, 0.6) is 0 Å². The highest BCUT2D eigenvalue weighted by molar-refractivity contribution is 7.93. The van der Waals surface area contributed by atoms with Crippen LogP contribution in [-0.4, -0.2) is 23.8 Å². The van der Waals surface area contributed by atoms with Crippen LogP contribution in [0.3, 0.4) is 0 Å². The fourth-order valence-corrected chi connectivity index (χ4v) is 15.5. The molecule has 294 valence electrons. The molecule has 2 nitrogen and oxygen atoms in total. The predicted molar refractivity (Wildman–Crippen MR) is 258 cm³/mol. The van der Waals surface area contributed by atoms with Gasteiger partial charge in [0.2, 0.25) is 0 Å².